The number of carboxylic acids is 1. The van der Waals surface area contributed by atoms with Crippen molar-refractivity contribution in [1.29, 1.82) is 5.26 Å². The molecule has 0 saturated heterocycles. The largest absolute Gasteiger partial charge is 0.489 e. The fourth-order valence-corrected chi connectivity index (χ4v) is 4.29. The Hall–Kier alpha value is -3.04. The average Bonchev–Trinajstić information content (AvgIpc) is 2.95. The zero-order chi connectivity index (χ0) is 19.9. The molecule has 1 saturated carbocycles. The molecule has 1 fully saturated rings. The summed E-state index contributed by atoms with van der Waals surface area (Å²) in [6.07, 6.45) is 2.22. The molecule has 2 aliphatic rings. The third kappa shape index (κ3) is 2.98. The van der Waals surface area contributed by atoms with E-state index in [2.05, 4.69) is 11.4 Å². The number of hydrogen-bond acceptors (Lipinski definition) is 4. The molecule has 6 nitrogen and oxygen atoms in total. The van der Waals surface area contributed by atoms with E-state index in [0.717, 1.165) is 5.56 Å². The summed E-state index contributed by atoms with van der Waals surface area (Å²) in [6, 6.07) is 11.8. The van der Waals surface area contributed by atoms with Crippen molar-refractivity contribution >= 4 is 29.2 Å². The van der Waals surface area contributed by atoms with Crippen molar-refractivity contribution in [2.45, 2.75) is 37.2 Å². The van der Waals surface area contributed by atoms with Crippen LogP contribution >= 0.6 is 11.6 Å². The first kappa shape index (κ1) is 18.3. The van der Waals surface area contributed by atoms with Crippen molar-refractivity contribution in [2.75, 3.05) is 5.32 Å². The number of hydrogen-bond donors (Lipinski definition) is 2. The maximum atomic E-state index is 12.7. The fraction of sp³-hybridized carbons (Fsp3) is 0.286. The number of fused-ring (bicyclic) bond motifs is 2. The van der Waals surface area contributed by atoms with Gasteiger partial charge >= 0.3 is 5.97 Å². The number of nitrogens with one attached hydrogen (secondary N) is 1. The van der Waals surface area contributed by atoms with Crippen LogP contribution in [0.2, 0.25) is 5.02 Å². The summed E-state index contributed by atoms with van der Waals surface area (Å²) < 4.78 is 6.01. The van der Waals surface area contributed by atoms with E-state index in [0.29, 0.717) is 47.7 Å². The molecule has 2 N–H and O–H groups in total. The summed E-state index contributed by atoms with van der Waals surface area (Å²) in [6.45, 7) is 0. The average molecular weight is 397 g/mol. The summed E-state index contributed by atoms with van der Waals surface area (Å²) in [5.74, 6) is -0.619. The van der Waals surface area contributed by atoms with E-state index in [4.69, 9.17) is 16.3 Å². The standard InChI is InChI=1S/C21H17ClN2O4/c22-14-2-4-18(13(9-14)11-23)28-15-5-7-21(8-6-15)16-10-12(19(25)26)1-3-17(16)24-20(21)27/h1-4,9-10,15H,5-8H2,(H,24,27)(H,25,26). The first-order valence-electron chi connectivity index (χ1n) is 8.98. The highest BCUT2D eigenvalue weighted by Crippen LogP contribution is 2.48. The second-order valence-corrected chi connectivity index (χ2v) is 7.61. The van der Waals surface area contributed by atoms with Gasteiger partial charge in [0.05, 0.1) is 22.6 Å². The molecule has 0 radical (unpaired) electrons. The lowest BCUT2D eigenvalue weighted by Crippen LogP contribution is -2.41. The van der Waals surface area contributed by atoms with Gasteiger partial charge in [-0.1, -0.05) is 11.6 Å². The highest BCUT2D eigenvalue weighted by Gasteiger charge is 2.49. The number of aromatic carboxylic acids is 1. The lowest BCUT2D eigenvalue weighted by molar-refractivity contribution is -0.122. The first-order valence-corrected chi connectivity index (χ1v) is 9.36. The van der Waals surface area contributed by atoms with E-state index >= 15 is 0 Å². The highest BCUT2D eigenvalue weighted by molar-refractivity contribution is 6.30. The van der Waals surface area contributed by atoms with Crippen molar-refractivity contribution in [2.24, 2.45) is 0 Å². The Bertz CT molecular complexity index is 1020. The van der Waals surface area contributed by atoms with Gasteiger partial charge in [-0.15, -0.1) is 0 Å². The minimum Gasteiger partial charge on any atom is -0.489 e. The number of nitrogens with zero attached hydrogens (tertiary/aromatic N) is 1. The van der Waals surface area contributed by atoms with Gasteiger partial charge in [0.1, 0.15) is 11.8 Å². The number of anilines is 1. The van der Waals surface area contributed by atoms with E-state index in [9.17, 15) is 20.0 Å². The molecule has 2 aromatic carbocycles. The SMILES string of the molecule is N#Cc1cc(Cl)ccc1OC1CCC2(CC1)C(=O)Nc1ccc(C(=O)O)cc12. The minimum absolute atomic E-state index is 0.0901. The number of carbonyl (C=O) groups excluding carboxylic acids is 1. The molecule has 1 spiro atoms. The van der Waals surface area contributed by atoms with E-state index in [-0.39, 0.29) is 17.6 Å². The van der Waals surface area contributed by atoms with Crippen molar-refractivity contribution < 1.29 is 19.4 Å². The summed E-state index contributed by atoms with van der Waals surface area (Å²) in [4.78, 5) is 24.1. The van der Waals surface area contributed by atoms with Crippen LogP contribution in [0.15, 0.2) is 36.4 Å². The lowest BCUT2D eigenvalue weighted by atomic mass is 9.69. The van der Waals surface area contributed by atoms with E-state index in [1.54, 1.807) is 30.3 Å². The first-order chi connectivity index (χ1) is 13.4. The number of rotatable bonds is 3. The van der Waals surface area contributed by atoms with Crippen LogP contribution in [-0.4, -0.2) is 23.1 Å². The maximum absolute atomic E-state index is 12.7. The molecule has 2 aromatic rings. The second kappa shape index (κ2) is 6.84. The van der Waals surface area contributed by atoms with Crippen molar-refractivity contribution in [1.82, 2.24) is 0 Å². The van der Waals surface area contributed by atoms with Gasteiger partial charge < -0.3 is 15.2 Å². The predicted molar refractivity (Wildman–Crippen MR) is 103 cm³/mol. The number of halogens is 1. The van der Waals surface area contributed by atoms with Gasteiger partial charge in [0.25, 0.3) is 0 Å². The van der Waals surface area contributed by atoms with Gasteiger partial charge in [-0.2, -0.15) is 5.26 Å². The van der Waals surface area contributed by atoms with Crippen molar-refractivity contribution in [3.8, 4) is 11.8 Å². The van der Waals surface area contributed by atoms with Crippen molar-refractivity contribution in [3.05, 3.63) is 58.1 Å². The Balaban J connectivity index is 1.55. The topological polar surface area (TPSA) is 99.4 Å². The molecule has 0 bridgehead atoms. The molecule has 0 unspecified atom stereocenters. The molecule has 7 heteroatoms. The van der Waals surface area contributed by atoms with E-state index in [1.807, 2.05) is 0 Å². The van der Waals surface area contributed by atoms with E-state index in [1.165, 1.54) is 6.07 Å². The van der Waals surface area contributed by atoms with Gasteiger partial charge in [0.15, 0.2) is 0 Å². The quantitative estimate of drug-likeness (QED) is 0.812. The molecule has 1 heterocycles. The minimum atomic E-state index is -1.01. The highest BCUT2D eigenvalue weighted by atomic mass is 35.5. The zero-order valence-electron chi connectivity index (χ0n) is 14.9. The molecular formula is C21H17ClN2O4. The molecular weight excluding hydrogens is 380 g/mol. The molecule has 0 atom stereocenters. The summed E-state index contributed by atoms with van der Waals surface area (Å²) in [5.41, 5.74) is 1.26. The smallest absolute Gasteiger partial charge is 0.335 e. The molecule has 1 amide bonds. The number of ether oxygens (including phenoxy) is 1. The Morgan fingerprint density at radius 1 is 1.25 bits per heavy atom. The second-order valence-electron chi connectivity index (χ2n) is 7.17. The number of carbonyl (C=O) groups is 2. The van der Waals surface area contributed by atoms with Gasteiger partial charge in [0, 0.05) is 10.7 Å². The lowest BCUT2D eigenvalue weighted by Gasteiger charge is -2.36. The van der Waals surface area contributed by atoms with E-state index < -0.39 is 11.4 Å². The molecule has 142 valence electrons. The predicted octanol–water partition coefficient (Wildman–Crippen LogP) is 4.12. The maximum Gasteiger partial charge on any atom is 0.335 e. The third-order valence-electron chi connectivity index (χ3n) is 5.61. The van der Waals surface area contributed by atoms with Gasteiger partial charge in [-0.05, 0) is 67.6 Å². The van der Waals surface area contributed by atoms with Crippen LogP contribution in [-0.2, 0) is 10.2 Å². The van der Waals surface area contributed by atoms with Crippen LogP contribution in [0.5, 0.6) is 5.75 Å². The van der Waals surface area contributed by atoms with Crippen LogP contribution in [0.25, 0.3) is 0 Å². The van der Waals surface area contributed by atoms with Gasteiger partial charge in [0.2, 0.25) is 5.91 Å². The fourth-order valence-electron chi connectivity index (χ4n) is 4.12. The Morgan fingerprint density at radius 2 is 2.00 bits per heavy atom. The zero-order valence-corrected chi connectivity index (χ0v) is 15.6. The monoisotopic (exact) mass is 396 g/mol. The number of carboxylic acid groups (broad SMARTS) is 1. The van der Waals surface area contributed by atoms with Crippen LogP contribution in [0, 0.1) is 11.3 Å². The van der Waals surface area contributed by atoms with Crippen LogP contribution in [0.4, 0.5) is 5.69 Å². The van der Waals surface area contributed by atoms with Crippen LogP contribution in [0.1, 0.15) is 47.2 Å². The Morgan fingerprint density at radius 3 is 2.68 bits per heavy atom. The number of amides is 1. The van der Waals surface area contributed by atoms with Crippen molar-refractivity contribution in [3.63, 3.8) is 0 Å². The number of nitriles is 1. The Labute approximate surface area is 166 Å². The molecule has 1 aliphatic carbocycles. The van der Waals surface area contributed by atoms with Crippen LogP contribution in [0.3, 0.4) is 0 Å². The molecule has 0 aromatic heterocycles. The molecule has 1 aliphatic heterocycles. The summed E-state index contributed by atoms with van der Waals surface area (Å²) in [5, 5.41) is 21.9. The summed E-state index contributed by atoms with van der Waals surface area (Å²) >= 11 is 5.93. The number of benzene rings is 2. The normalized spacial score (nSPS) is 23.0. The summed E-state index contributed by atoms with van der Waals surface area (Å²) in [7, 11) is 0. The Kier molecular flexibility index (Phi) is 4.48. The van der Waals surface area contributed by atoms with Gasteiger partial charge in [-0.25, -0.2) is 4.79 Å². The van der Waals surface area contributed by atoms with Crippen LogP contribution < -0.4 is 10.1 Å². The molecule has 4 rings (SSSR count). The molecule has 28 heavy (non-hydrogen) atoms. The van der Waals surface area contributed by atoms with Gasteiger partial charge in [-0.3, -0.25) is 4.79 Å². The third-order valence-corrected chi connectivity index (χ3v) is 5.84.